The molecule has 0 radical (unpaired) electrons. The third-order valence-electron chi connectivity index (χ3n) is 7.02. The molecule has 1 aliphatic carbocycles. The second-order valence-electron chi connectivity index (χ2n) is 8.80. The van der Waals surface area contributed by atoms with E-state index in [9.17, 15) is 4.79 Å². The van der Waals surface area contributed by atoms with Crippen molar-refractivity contribution in [1.82, 2.24) is 14.4 Å². The van der Waals surface area contributed by atoms with Crippen molar-refractivity contribution < 1.29 is 4.79 Å². The molecule has 1 atom stereocenters. The van der Waals surface area contributed by atoms with E-state index >= 15 is 0 Å². The maximum Gasteiger partial charge on any atom is 0.247 e. The number of hydrogen-bond acceptors (Lipinski definition) is 6. The first-order chi connectivity index (χ1) is 16.0. The van der Waals surface area contributed by atoms with Crippen molar-refractivity contribution in [2.75, 3.05) is 23.3 Å². The van der Waals surface area contributed by atoms with Crippen LogP contribution in [0.5, 0.6) is 0 Å². The summed E-state index contributed by atoms with van der Waals surface area (Å²) in [6.07, 6.45) is 12.7. The van der Waals surface area contributed by atoms with Crippen LogP contribution >= 0.6 is 23.4 Å². The van der Waals surface area contributed by atoms with Crippen molar-refractivity contribution >= 4 is 46.6 Å². The molecule has 172 valence electrons. The molecule has 1 saturated carbocycles. The molecule has 2 aromatic heterocycles. The van der Waals surface area contributed by atoms with Gasteiger partial charge in [0, 0.05) is 42.6 Å². The zero-order valence-electron chi connectivity index (χ0n) is 18.3. The second-order valence-corrected chi connectivity index (χ2v) is 10.3. The molecule has 3 heterocycles. The van der Waals surface area contributed by atoms with Gasteiger partial charge in [-0.3, -0.25) is 9.20 Å². The fourth-order valence-corrected chi connectivity index (χ4v) is 6.34. The predicted octanol–water partition coefficient (Wildman–Crippen LogP) is 4.76. The molecule has 3 aromatic rings. The molecule has 3 N–H and O–H groups in total. The molecule has 1 amide bonds. The van der Waals surface area contributed by atoms with E-state index in [4.69, 9.17) is 22.3 Å². The molecule has 2 aliphatic rings. The number of aromatic nitrogens is 3. The summed E-state index contributed by atoms with van der Waals surface area (Å²) in [5.74, 6) is 0.606. The Morgan fingerprint density at radius 1 is 1.27 bits per heavy atom. The number of anilines is 2. The van der Waals surface area contributed by atoms with Crippen LogP contribution in [0.3, 0.4) is 0 Å². The van der Waals surface area contributed by atoms with Crippen molar-refractivity contribution in [2.24, 2.45) is 11.1 Å². The second kappa shape index (κ2) is 9.00. The maximum absolute atomic E-state index is 11.7. The van der Waals surface area contributed by atoms with Gasteiger partial charge in [-0.25, -0.2) is 9.97 Å². The van der Waals surface area contributed by atoms with Crippen LogP contribution in [-0.4, -0.2) is 39.4 Å². The maximum atomic E-state index is 11.7. The van der Waals surface area contributed by atoms with E-state index < -0.39 is 0 Å². The van der Waals surface area contributed by atoms with Crippen LogP contribution in [0.25, 0.3) is 5.65 Å². The van der Waals surface area contributed by atoms with E-state index in [1.807, 2.05) is 28.9 Å². The first-order valence-electron chi connectivity index (χ1n) is 11.2. The fourth-order valence-electron chi connectivity index (χ4n) is 5.12. The highest BCUT2D eigenvalue weighted by molar-refractivity contribution is 7.99. The minimum absolute atomic E-state index is 0.303. The summed E-state index contributed by atoms with van der Waals surface area (Å²) in [6.45, 7) is 5.40. The lowest BCUT2D eigenvalue weighted by molar-refractivity contribution is -0.111. The Kier molecular flexibility index (Phi) is 6.07. The predicted molar refractivity (Wildman–Crippen MR) is 133 cm³/mol. The molecule has 9 heteroatoms. The van der Waals surface area contributed by atoms with E-state index in [0.717, 1.165) is 53.7 Å². The third kappa shape index (κ3) is 4.11. The summed E-state index contributed by atoms with van der Waals surface area (Å²) >= 11 is 8.05. The number of hydrogen-bond donors (Lipinski definition) is 2. The van der Waals surface area contributed by atoms with Crippen molar-refractivity contribution in [1.29, 1.82) is 0 Å². The van der Waals surface area contributed by atoms with Crippen LogP contribution in [0, 0.1) is 5.41 Å². The molecule has 1 spiro atoms. The number of halogens is 1. The van der Waals surface area contributed by atoms with Gasteiger partial charge in [-0.05, 0) is 49.3 Å². The van der Waals surface area contributed by atoms with E-state index in [1.165, 1.54) is 30.7 Å². The monoisotopic (exact) mass is 482 g/mol. The number of rotatable bonds is 5. The average molecular weight is 483 g/mol. The number of nitrogens with zero attached hydrogens (tertiary/aromatic N) is 4. The Morgan fingerprint density at radius 3 is 2.82 bits per heavy atom. The molecule has 1 aliphatic heterocycles. The molecule has 2 fully saturated rings. The fraction of sp³-hybridized carbons (Fsp3) is 0.375. The van der Waals surface area contributed by atoms with Gasteiger partial charge in [-0.15, -0.1) is 0 Å². The molecule has 1 aromatic carbocycles. The van der Waals surface area contributed by atoms with Crippen LogP contribution in [0.4, 0.5) is 11.6 Å². The molecule has 1 saturated heterocycles. The molecule has 33 heavy (non-hydrogen) atoms. The summed E-state index contributed by atoms with van der Waals surface area (Å²) in [5.41, 5.74) is 8.15. The number of piperidine rings is 1. The summed E-state index contributed by atoms with van der Waals surface area (Å²) in [7, 11) is 0. The first-order valence-corrected chi connectivity index (χ1v) is 12.4. The molecular weight excluding hydrogens is 456 g/mol. The van der Waals surface area contributed by atoms with Crippen molar-refractivity contribution in [3.63, 3.8) is 0 Å². The third-order valence-corrected chi connectivity index (χ3v) is 8.61. The largest absolute Gasteiger partial charge is 0.342 e. The number of carbonyl (C=O) groups is 1. The van der Waals surface area contributed by atoms with Crippen molar-refractivity contribution in [3.8, 4) is 0 Å². The van der Waals surface area contributed by atoms with Gasteiger partial charge < -0.3 is 16.0 Å². The zero-order valence-corrected chi connectivity index (χ0v) is 19.9. The smallest absolute Gasteiger partial charge is 0.247 e. The van der Waals surface area contributed by atoms with Crippen molar-refractivity contribution in [2.45, 2.75) is 47.9 Å². The van der Waals surface area contributed by atoms with Crippen LogP contribution in [0.2, 0.25) is 5.02 Å². The highest BCUT2D eigenvalue weighted by atomic mass is 35.5. The van der Waals surface area contributed by atoms with Gasteiger partial charge >= 0.3 is 0 Å². The van der Waals surface area contributed by atoms with E-state index in [-0.39, 0.29) is 5.91 Å². The zero-order chi connectivity index (χ0) is 23.0. The number of nitrogens with two attached hydrogens (primary N) is 1. The highest BCUT2D eigenvalue weighted by Crippen LogP contribution is 2.46. The average Bonchev–Trinajstić information content (AvgIpc) is 3.45. The molecule has 0 unspecified atom stereocenters. The SMILES string of the molecule is C=CC(=O)Nc1cccc(Sc2cnc(N3CCC4(CCC[C@H]4N)CC3)n3ccnc23)c1Cl. The topological polar surface area (TPSA) is 88.5 Å². The van der Waals surface area contributed by atoms with Gasteiger partial charge in [0.05, 0.1) is 15.6 Å². The lowest BCUT2D eigenvalue weighted by Gasteiger charge is -2.42. The van der Waals surface area contributed by atoms with Crippen LogP contribution < -0.4 is 16.0 Å². The van der Waals surface area contributed by atoms with Gasteiger partial charge in [0.25, 0.3) is 0 Å². The Hall–Kier alpha value is -2.55. The number of nitrogens with one attached hydrogen (secondary N) is 1. The normalized spacial score (nSPS) is 19.8. The van der Waals surface area contributed by atoms with Crippen LogP contribution in [-0.2, 0) is 4.79 Å². The number of carbonyl (C=O) groups excluding carboxylic acids is 1. The minimum Gasteiger partial charge on any atom is -0.342 e. The lowest BCUT2D eigenvalue weighted by Crippen LogP contribution is -2.47. The molecule has 7 nitrogen and oxygen atoms in total. The number of imidazole rings is 1. The van der Waals surface area contributed by atoms with Gasteiger partial charge in [0.2, 0.25) is 11.9 Å². The standard InChI is InChI=1S/C24H27ClN6OS/c1-2-20(32)29-16-5-3-6-17(21(16)25)33-18-15-28-23(31-14-11-27-22(18)31)30-12-9-24(10-13-30)8-4-7-19(24)26/h2-3,5-6,11,14-15,19H,1,4,7-10,12-13,26H2,(H,29,32)/t19-/m1/s1. The van der Waals surface area contributed by atoms with E-state index in [0.29, 0.717) is 22.2 Å². The van der Waals surface area contributed by atoms with Gasteiger partial charge in [0.1, 0.15) is 0 Å². The minimum atomic E-state index is -0.303. The Morgan fingerprint density at radius 2 is 2.09 bits per heavy atom. The Labute approximate surface area is 202 Å². The quantitative estimate of drug-likeness (QED) is 0.510. The molecule has 0 bridgehead atoms. The summed E-state index contributed by atoms with van der Waals surface area (Å²) < 4.78 is 2.05. The highest BCUT2D eigenvalue weighted by Gasteiger charge is 2.43. The molecular formula is C24H27ClN6OS. The Bertz CT molecular complexity index is 1200. The number of benzene rings is 1. The van der Waals surface area contributed by atoms with E-state index in [2.05, 4.69) is 21.8 Å². The van der Waals surface area contributed by atoms with Crippen LogP contribution in [0.1, 0.15) is 32.1 Å². The number of fused-ring (bicyclic) bond motifs is 1. The summed E-state index contributed by atoms with van der Waals surface area (Å²) in [5, 5.41) is 3.21. The van der Waals surface area contributed by atoms with Crippen LogP contribution in [0.15, 0.2) is 59.2 Å². The summed E-state index contributed by atoms with van der Waals surface area (Å²) in [4.78, 5) is 25.2. The summed E-state index contributed by atoms with van der Waals surface area (Å²) in [6, 6.07) is 5.86. The van der Waals surface area contributed by atoms with Gasteiger partial charge in [-0.1, -0.05) is 42.4 Å². The first kappa shape index (κ1) is 22.3. The van der Waals surface area contributed by atoms with Crippen molar-refractivity contribution in [3.05, 3.63) is 54.5 Å². The molecule has 5 rings (SSSR count). The number of amides is 1. The van der Waals surface area contributed by atoms with Gasteiger partial charge in [0.15, 0.2) is 5.65 Å². The Balaban J connectivity index is 1.39. The van der Waals surface area contributed by atoms with E-state index in [1.54, 1.807) is 12.3 Å². The van der Waals surface area contributed by atoms with Gasteiger partial charge in [-0.2, -0.15) is 0 Å². The lowest BCUT2D eigenvalue weighted by atomic mass is 9.74.